The number of carbonyl (C=O) groups excluding carboxylic acids is 3. The van der Waals surface area contributed by atoms with Crippen LogP contribution in [-0.4, -0.2) is 38.4 Å². The minimum Gasteiger partial charge on any atom is -0.356 e. The molecular weight excluding hydrogens is 340 g/mol. The van der Waals surface area contributed by atoms with Gasteiger partial charge in [0.15, 0.2) is 0 Å². The molecule has 0 radical (unpaired) electrons. The number of benzene rings is 1. The molecule has 1 N–H and O–H groups in total. The highest BCUT2D eigenvalue weighted by molar-refractivity contribution is 8.15. The fraction of sp³-hybridized carbons (Fsp3) is 0.294. The molecule has 2 aromatic rings. The zero-order valence-electron chi connectivity index (χ0n) is 13.5. The molecular formula is C17H18N4O3S. The fourth-order valence-electron chi connectivity index (χ4n) is 2.55. The molecule has 3 amide bonds. The van der Waals surface area contributed by atoms with Gasteiger partial charge in [-0.2, -0.15) is 0 Å². The van der Waals surface area contributed by atoms with Gasteiger partial charge in [0.25, 0.3) is 5.24 Å². The van der Waals surface area contributed by atoms with Gasteiger partial charge in [0, 0.05) is 31.9 Å². The van der Waals surface area contributed by atoms with Gasteiger partial charge >= 0.3 is 0 Å². The highest BCUT2D eigenvalue weighted by atomic mass is 32.2. The number of imide groups is 1. The van der Waals surface area contributed by atoms with E-state index in [-0.39, 0.29) is 23.5 Å². The van der Waals surface area contributed by atoms with E-state index in [2.05, 4.69) is 10.3 Å². The number of anilines is 1. The van der Waals surface area contributed by atoms with Gasteiger partial charge in [-0.3, -0.25) is 14.4 Å². The van der Waals surface area contributed by atoms with Gasteiger partial charge < -0.3 is 9.88 Å². The molecule has 1 saturated heterocycles. The predicted molar refractivity (Wildman–Crippen MR) is 95.2 cm³/mol. The lowest BCUT2D eigenvalue weighted by Crippen LogP contribution is -2.34. The first-order chi connectivity index (χ1) is 12.1. The van der Waals surface area contributed by atoms with Crippen molar-refractivity contribution in [1.29, 1.82) is 0 Å². The number of hydrogen-bond donors (Lipinski definition) is 1. The Balaban J connectivity index is 1.47. The highest BCUT2D eigenvalue weighted by Gasteiger charge is 2.41. The minimum absolute atomic E-state index is 0.00362. The molecule has 1 aromatic carbocycles. The van der Waals surface area contributed by atoms with Gasteiger partial charge in [0.1, 0.15) is 5.25 Å². The molecule has 0 bridgehead atoms. The summed E-state index contributed by atoms with van der Waals surface area (Å²) in [5.74, 6) is -0.561. The van der Waals surface area contributed by atoms with Crippen molar-refractivity contribution in [3.05, 3.63) is 49.1 Å². The maximum Gasteiger partial charge on any atom is 0.293 e. The van der Waals surface area contributed by atoms with Crippen molar-refractivity contribution in [2.24, 2.45) is 0 Å². The maximum atomic E-state index is 12.4. The Morgan fingerprint density at radius 1 is 1.24 bits per heavy atom. The van der Waals surface area contributed by atoms with Crippen molar-refractivity contribution in [1.82, 2.24) is 14.9 Å². The third-order valence-electron chi connectivity index (χ3n) is 3.78. The molecule has 7 nitrogen and oxygen atoms in total. The van der Waals surface area contributed by atoms with Crippen LogP contribution in [0.4, 0.5) is 10.5 Å². The molecule has 2 heterocycles. The number of amides is 3. The quantitative estimate of drug-likeness (QED) is 0.766. The lowest BCUT2D eigenvalue weighted by atomic mass is 10.2. The third kappa shape index (κ3) is 4.27. The molecule has 130 valence electrons. The van der Waals surface area contributed by atoms with E-state index in [9.17, 15) is 14.4 Å². The molecule has 8 heteroatoms. The van der Waals surface area contributed by atoms with Crippen LogP contribution < -0.4 is 10.2 Å². The number of rotatable bonds is 7. The van der Waals surface area contributed by atoms with Crippen LogP contribution >= 0.6 is 11.8 Å². The first-order valence-corrected chi connectivity index (χ1v) is 8.85. The van der Waals surface area contributed by atoms with E-state index in [1.54, 1.807) is 36.8 Å². The summed E-state index contributed by atoms with van der Waals surface area (Å²) in [5, 5.41) is 1.79. The van der Waals surface area contributed by atoms with E-state index < -0.39 is 5.25 Å². The lowest BCUT2D eigenvalue weighted by molar-refractivity contribution is -0.124. The predicted octanol–water partition coefficient (Wildman–Crippen LogP) is 2.05. The SMILES string of the molecule is O=C(C[C@@H]1SC(=O)N(c2ccccc2)C1=O)NCCCn1ccnc1. The Morgan fingerprint density at radius 2 is 2.04 bits per heavy atom. The number of aromatic nitrogens is 2. The van der Waals surface area contributed by atoms with Crippen LogP contribution in [0.3, 0.4) is 0 Å². The standard InChI is InChI=1S/C17H18N4O3S/c22-15(19-7-4-9-20-10-8-18-12-20)11-14-16(23)21(17(24)25-14)13-5-2-1-3-6-13/h1-3,5-6,8,10,12,14H,4,7,9,11H2,(H,19,22)/t14-/m0/s1. The summed E-state index contributed by atoms with van der Waals surface area (Å²) in [4.78, 5) is 41.6. The third-order valence-corrected chi connectivity index (χ3v) is 4.82. The van der Waals surface area contributed by atoms with Crippen molar-refractivity contribution >= 4 is 34.5 Å². The van der Waals surface area contributed by atoms with E-state index in [1.165, 1.54) is 0 Å². The van der Waals surface area contributed by atoms with Crippen molar-refractivity contribution in [2.45, 2.75) is 24.6 Å². The number of para-hydroxylation sites is 1. The summed E-state index contributed by atoms with van der Waals surface area (Å²) < 4.78 is 1.93. The van der Waals surface area contributed by atoms with Gasteiger partial charge in [0.05, 0.1) is 12.0 Å². The first-order valence-electron chi connectivity index (χ1n) is 7.97. The topological polar surface area (TPSA) is 84.3 Å². The summed E-state index contributed by atoms with van der Waals surface area (Å²) in [7, 11) is 0. The second kappa shape index (κ2) is 7.98. The van der Waals surface area contributed by atoms with Crippen LogP contribution in [0.5, 0.6) is 0 Å². The number of hydrogen-bond acceptors (Lipinski definition) is 5. The Bertz CT molecular complexity index is 749. The number of nitrogens with one attached hydrogen (secondary N) is 1. The fourth-order valence-corrected chi connectivity index (χ4v) is 3.53. The van der Waals surface area contributed by atoms with Crippen LogP contribution in [0.2, 0.25) is 0 Å². The van der Waals surface area contributed by atoms with Gasteiger partial charge in [0.2, 0.25) is 11.8 Å². The van der Waals surface area contributed by atoms with Crippen LogP contribution in [0.15, 0.2) is 49.1 Å². The van der Waals surface area contributed by atoms with Gasteiger partial charge in [-0.25, -0.2) is 9.88 Å². The lowest BCUT2D eigenvalue weighted by Gasteiger charge is -2.13. The van der Waals surface area contributed by atoms with E-state index in [1.807, 2.05) is 16.8 Å². The molecule has 25 heavy (non-hydrogen) atoms. The van der Waals surface area contributed by atoms with E-state index >= 15 is 0 Å². The van der Waals surface area contributed by atoms with Crippen molar-refractivity contribution in [3.63, 3.8) is 0 Å². The number of aryl methyl sites for hydroxylation is 1. The summed E-state index contributed by atoms with van der Waals surface area (Å²) in [5.41, 5.74) is 0.535. The summed E-state index contributed by atoms with van der Waals surface area (Å²) in [6, 6.07) is 8.75. The van der Waals surface area contributed by atoms with E-state index in [0.29, 0.717) is 12.2 Å². The molecule has 0 unspecified atom stereocenters. The Kier molecular flexibility index (Phi) is 5.49. The average Bonchev–Trinajstić information content (AvgIpc) is 3.21. The second-order valence-electron chi connectivity index (χ2n) is 5.59. The van der Waals surface area contributed by atoms with Gasteiger partial charge in [-0.15, -0.1) is 0 Å². The first kappa shape index (κ1) is 17.2. The Labute approximate surface area is 149 Å². The molecule has 1 aliphatic rings. The zero-order valence-corrected chi connectivity index (χ0v) is 14.3. The van der Waals surface area contributed by atoms with Crippen LogP contribution in [0.1, 0.15) is 12.8 Å². The summed E-state index contributed by atoms with van der Waals surface area (Å²) in [6.45, 7) is 1.27. The van der Waals surface area contributed by atoms with E-state index in [0.717, 1.165) is 29.6 Å². The molecule has 1 atom stereocenters. The molecule has 1 aliphatic heterocycles. The van der Waals surface area contributed by atoms with Crippen LogP contribution in [0.25, 0.3) is 0 Å². The smallest absolute Gasteiger partial charge is 0.293 e. The van der Waals surface area contributed by atoms with Crippen molar-refractivity contribution in [2.75, 3.05) is 11.4 Å². The molecule has 1 aromatic heterocycles. The van der Waals surface area contributed by atoms with Crippen LogP contribution in [-0.2, 0) is 16.1 Å². The monoisotopic (exact) mass is 358 g/mol. The largest absolute Gasteiger partial charge is 0.356 e. The summed E-state index contributed by atoms with van der Waals surface area (Å²) >= 11 is 0.906. The Hall–Kier alpha value is -2.61. The van der Waals surface area contributed by atoms with E-state index in [4.69, 9.17) is 0 Å². The van der Waals surface area contributed by atoms with Gasteiger partial charge in [-0.1, -0.05) is 18.2 Å². The average molecular weight is 358 g/mol. The normalized spacial score (nSPS) is 17.1. The number of nitrogens with zero attached hydrogens (tertiary/aromatic N) is 3. The number of carbonyl (C=O) groups is 3. The molecule has 3 rings (SSSR count). The molecule has 1 fully saturated rings. The molecule has 0 spiro atoms. The molecule has 0 saturated carbocycles. The maximum absolute atomic E-state index is 12.4. The highest BCUT2D eigenvalue weighted by Crippen LogP contribution is 2.33. The number of thioether (sulfide) groups is 1. The van der Waals surface area contributed by atoms with Crippen LogP contribution in [0, 0.1) is 0 Å². The minimum atomic E-state index is -0.665. The second-order valence-corrected chi connectivity index (χ2v) is 6.74. The van der Waals surface area contributed by atoms with Gasteiger partial charge in [-0.05, 0) is 30.3 Å². The van der Waals surface area contributed by atoms with Crippen molar-refractivity contribution in [3.8, 4) is 0 Å². The van der Waals surface area contributed by atoms with Crippen molar-refractivity contribution < 1.29 is 14.4 Å². The molecule has 0 aliphatic carbocycles. The Morgan fingerprint density at radius 3 is 2.76 bits per heavy atom. The zero-order chi connectivity index (χ0) is 17.6. The summed E-state index contributed by atoms with van der Waals surface area (Å²) in [6.07, 6.45) is 6.06. The number of imidazole rings is 1.